The van der Waals surface area contributed by atoms with Gasteiger partial charge in [0.15, 0.2) is 0 Å². The van der Waals surface area contributed by atoms with Gasteiger partial charge in [-0.15, -0.1) is 0 Å². The number of amides is 1. The lowest BCUT2D eigenvalue weighted by molar-refractivity contribution is -0.120. The highest BCUT2D eigenvalue weighted by molar-refractivity contribution is 7.84. The maximum absolute atomic E-state index is 13.3. The molecule has 2 aliphatic rings. The molecule has 0 N–H and O–H groups in total. The van der Waals surface area contributed by atoms with Crippen molar-refractivity contribution in [3.63, 3.8) is 0 Å². The van der Waals surface area contributed by atoms with Crippen molar-refractivity contribution in [3.8, 4) is 0 Å². The van der Waals surface area contributed by atoms with Crippen LogP contribution in [0.2, 0.25) is 5.02 Å². The molecule has 1 aliphatic heterocycles. The first-order chi connectivity index (χ1) is 14.0. The smallest absolute Gasteiger partial charge is 0.238 e. The van der Waals surface area contributed by atoms with E-state index in [-0.39, 0.29) is 11.3 Å². The number of anilines is 1. The van der Waals surface area contributed by atoms with Gasteiger partial charge in [-0.2, -0.15) is 0 Å². The van der Waals surface area contributed by atoms with Gasteiger partial charge in [-0.3, -0.25) is 14.0 Å². The fraction of sp³-hybridized carbons (Fsp3) is 0.364. The minimum atomic E-state index is -0.820. The van der Waals surface area contributed by atoms with E-state index in [1.54, 1.807) is 12.5 Å². The molecule has 1 saturated carbocycles. The fourth-order valence-corrected chi connectivity index (χ4v) is 5.25. The van der Waals surface area contributed by atoms with Gasteiger partial charge in [-0.1, -0.05) is 11.6 Å². The van der Waals surface area contributed by atoms with Crippen molar-refractivity contribution in [2.24, 2.45) is 0 Å². The van der Waals surface area contributed by atoms with E-state index in [0.717, 1.165) is 53.7 Å². The van der Waals surface area contributed by atoms with Gasteiger partial charge in [-0.25, -0.2) is 0 Å². The third-order valence-corrected chi connectivity index (χ3v) is 7.19. The number of aromatic nitrogens is 2. The van der Waals surface area contributed by atoms with Crippen LogP contribution in [-0.2, 0) is 34.1 Å². The molecule has 1 amide bonds. The van der Waals surface area contributed by atoms with Gasteiger partial charge in [0, 0.05) is 57.2 Å². The molecule has 1 unspecified atom stereocenters. The molecule has 7 heteroatoms. The van der Waals surface area contributed by atoms with E-state index < -0.39 is 10.8 Å². The Morgan fingerprint density at radius 3 is 2.83 bits per heavy atom. The Morgan fingerprint density at radius 2 is 2.07 bits per heavy atom. The number of carbonyl (C=O) groups is 1. The number of rotatable bonds is 6. The zero-order chi connectivity index (χ0) is 20.2. The molecule has 1 aromatic carbocycles. The number of fused-ring (bicyclic) bond motifs is 3. The normalized spacial score (nSPS) is 17.9. The second-order valence-corrected chi connectivity index (χ2v) is 9.98. The monoisotopic (exact) mass is 427 g/mol. The van der Waals surface area contributed by atoms with E-state index in [0.29, 0.717) is 17.3 Å². The van der Waals surface area contributed by atoms with Crippen LogP contribution in [0.25, 0.3) is 10.9 Å². The summed E-state index contributed by atoms with van der Waals surface area (Å²) < 4.78 is 13.8. The van der Waals surface area contributed by atoms with Crippen molar-refractivity contribution in [2.75, 3.05) is 16.9 Å². The molecule has 1 fully saturated rings. The maximum Gasteiger partial charge on any atom is 0.238 e. The van der Waals surface area contributed by atoms with Gasteiger partial charge in [-0.05, 0) is 55.2 Å². The first kappa shape index (κ1) is 18.8. The van der Waals surface area contributed by atoms with Crippen molar-refractivity contribution in [2.45, 2.75) is 37.8 Å². The third kappa shape index (κ3) is 3.09. The van der Waals surface area contributed by atoms with Gasteiger partial charge in [0.05, 0.1) is 23.8 Å². The highest BCUT2D eigenvalue weighted by atomic mass is 35.5. The number of halogens is 1. The molecule has 0 bridgehead atoms. The van der Waals surface area contributed by atoms with Crippen LogP contribution in [-0.4, -0.2) is 31.7 Å². The summed E-state index contributed by atoms with van der Waals surface area (Å²) >= 11 is 6.21. The molecular weight excluding hydrogens is 406 g/mol. The molecule has 1 aliphatic carbocycles. The van der Waals surface area contributed by atoms with Crippen molar-refractivity contribution in [3.05, 3.63) is 59.0 Å². The van der Waals surface area contributed by atoms with Crippen molar-refractivity contribution in [1.82, 2.24) is 9.55 Å². The number of pyridine rings is 1. The lowest BCUT2D eigenvalue weighted by Gasteiger charge is -2.19. The van der Waals surface area contributed by atoms with Gasteiger partial charge in [0.2, 0.25) is 5.91 Å². The Balaban J connectivity index is 1.53. The van der Waals surface area contributed by atoms with Crippen LogP contribution in [0.3, 0.4) is 0 Å². The maximum atomic E-state index is 13.3. The predicted molar refractivity (Wildman–Crippen MR) is 117 cm³/mol. The first-order valence-electron chi connectivity index (χ1n) is 9.84. The van der Waals surface area contributed by atoms with Gasteiger partial charge in [0.1, 0.15) is 0 Å². The van der Waals surface area contributed by atoms with Crippen LogP contribution in [0.5, 0.6) is 0 Å². The first-order valence-corrected chi connectivity index (χ1v) is 11.9. The molecule has 5 nitrogen and oxygen atoms in total. The fourth-order valence-electron chi connectivity index (χ4n) is 4.54. The summed E-state index contributed by atoms with van der Waals surface area (Å²) in [7, 11) is -0.820. The van der Waals surface area contributed by atoms with E-state index in [4.69, 9.17) is 11.6 Å². The molecule has 1 spiro atoms. The zero-order valence-electron chi connectivity index (χ0n) is 16.2. The summed E-state index contributed by atoms with van der Waals surface area (Å²) in [4.78, 5) is 19.4. The molecule has 150 valence electrons. The van der Waals surface area contributed by atoms with Gasteiger partial charge >= 0.3 is 0 Å². The third-order valence-electron chi connectivity index (χ3n) is 6.09. The number of benzene rings is 1. The lowest BCUT2D eigenvalue weighted by Crippen LogP contribution is -2.32. The Kier molecular flexibility index (Phi) is 4.51. The second-order valence-electron chi connectivity index (χ2n) is 7.99. The quantitative estimate of drug-likeness (QED) is 0.596. The molecule has 5 rings (SSSR count). The number of nitrogens with zero attached hydrogens (tertiary/aromatic N) is 3. The molecule has 29 heavy (non-hydrogen) atoms. The van der Waals surface area contributed by atoms with Crippen LogP contribution in [0.15, 0.2) is 42.7 Å². The molecule has 0 radical (unpaired) electrons. The Bertz CT molecular complexity index is 1150. The molecule has 1 atom stereocenters. The lowest BCUT2D eigenvalue weighted by atomic mass is 9.99. The average molecular weight is 428 g/mol. The van der Waals surface area contributed by atoms with Crippen LogP contribution < -0.4 is 4.90 Å². The largest absolute Gasteiger partial charge is 0.343 e. The number of aryl methyl sites for hydroxylation is 1. The van der Waals surface area contributed by atoms with E-state index in [1.165, 1.54) is 0 Å². The minimum absolute atomic E-state index is 0.185. The summed E-state index contributed by atoms with van der Waals surface area (Å²) in [5.41, 5.74) is 3.87. The summed E-state index contributed by atoms with van der Waals surface area (Å²) in [5.74, 6) is 0.843. The van der Waals surface area contributed by atoms with Gasteiger partial charge < -0.3 is 9.47 Å². The molecule has 3 aromatic rings. The molecule has 3 heterocycles. The number of carbonyl (C=O) groups excluding carboxylic acids is 1. The van der Waals surface area contributed by atoms with Crippen LogP contribution in [0.1, 0.15) is 30.5 Å². The summed E-state index contributed by atoms with van der Waals surface area (Å²) in [6.45, 7) is 1.26. The van der Waals surface area contributed by atoms with Crippen molar-refractivity contribution in [1.29, 1.82) is 0 Å². The molecular formula is C22H22ClN3O2S. The van der Waals surface area contributed by atoms with E-state index in [1.807, 2.05) is 35.4 Å². The summed E-state index contributed by atoms with van der Waals surface area (Å²) in [6.07, 6.45) is 7.97. The second kappa shape index (κ2) is 6.96. The average Bonchev–Trinajstić information content (AvgIpc) is 3.39. The number of hydrogen-bond acceptors (Lipinski definition) is 3. The van der Waals surface area contributed by atoms with E-state index in [2.05, 4.69) is 15.6 Å². The van der Waals surface area contributed by atoms with Crippen LogP contribution >= 0.6 is 11.6 Å². The van der Waals surface area contributed by atoms with Crippen LogP contribution in [0.4, 0.5) is 5.69 Å². The Labute approximate surface area is 177 Å². The number of hydrogen-bond donors (Lipinski definition) is 0. The molecule has 2 aromatic heterocycles. The SMILES string of the molecule is CS(=O)CCCn1c(CN2C(=O)C3(CC3)c3ccncc32)cc2cc(Cl)ccc21. The van der Waals surface area contributed by atoms with Crippen molar-refractivity contribution < 1.29 is 9.00 Å². The molecule has 0 saturated heterocycles. The van der Waals surface area contributed by atoms with Crippen molar-refractivity contribution >= 4 is 44.9 Å². The standard InChI is InChI=1S/C22H22ClN3O2S/c1-29(28)10-2-9-25-17(12-15-11-16(23)3-4-19(15)25)14-26-20-13-24-8-5-18(20)22(6-7-22)21(26)27/h3-5,8,11-13H,2,6-7,9-10,14H2,1H3. The minimum Gasteiger partial charge on any atom is -0.343 e. The predicted octanol–water partition coefficient (Wildman–Crippen LogP) is 4.04. The van der Waals surface area contributed by atoms with Crippen LogP contribution in [0, 0.1) is 0 Å². The van der Waals surface area contributed by atoms with E-state index in [9.17, 15) is 9.00 Å². The summed E-state index contributed by atoms with van der Waals surface area (Å²) in [5, 5.41) is 1.75. The zero-order valence-corrected chi connectivity index (χ0v) is 17.8. The Morgan fingerprint density at radius 1 is 1.24 bits per heavy atom. The summed E-state index contributed by atoms with van der Waals surface area (Å²) in [6, 6.07) is 9.98. The van der Waals surface area contributed by atoms with E-state index >= 15 is 0 Å². The topological polar surface area (TPSA) is 55.2 Å². The highest BCUT2D eigenvalue weighted by Crippen LogP contribution is 2.57. The Hall–Kier alpha value is -2.18. The highest BCUT2D eigenvalue weighted by Gasteiger charge is 2.59. The van der Waals surface area contributed by atoms with Gasteiger partial charge in [0.25, 0.3) is 0 Å².